The van der Waals surface area contributed by atoms with Crippen molar-refractivity contribution in [3.63, 3.8) is 0 Å². The van der Waals surface area contributed by atoms with Crippen LogP contribution in [0.2, 0.25) is 0 Å². The molecule has 1 heterocycles. The molecule has 0 aliphatic carbocycles. The highest BCUT2D eigenvalue weighted by molar-refractivity contribution is 4.76. The molecule has 15 heavy (non-hydrogen) atoms. The van der Waals surface area contributed by atoms with E-state index in [1.54, 1.807) is 0 Å². The molecular weight excluding hydrogens is 184 g/mol. The van der Waals surface area contributed by atoms with Gasteiger partial charge in [-0.3, -0.25) is 0 Å². The fraction of sp³-hybridized carbons (Fsp3) is 1.00. The number of nitrogens with zero attached hydrogens (tertiary/aromatic N) is 1. The maximum atomic E-state index is 3.61. The van der Waals surface area contributed by atoms with Gasteiger partial charge in [0.25, 0.3) is 0 Å². The molecule has 1 aliphatic heterocycles. The summed E-state index contributed by atoms with van der Waals surface area (Å²) in [4.78, 5) is 2.61. The molecule has 1 N–H and O–H groups in total. The molecule has 1 aliphatic rings. The van der Waals surface area contributed by atoms with Crippen LogP contribution in [0.4, 0.5) is 0 Å². The van der Waals surface area contributed by atoms with Gasteiger partial charge in [-0.25, -0.2) is 0 Å². The van der Waals surface area contributed by atoms with Crippen molar-refractivity contribution in [2.24, 2.45) is 11.8 Å². The van der Waals surface area contributed by atoms with E-state index in [0.717, 1.165) is 11.8 Å². The van der Waals surface area contributed by atoms with E-state index in [1.165, 1.54) is 52.0 Å². The lowest BCUT2D eigenvalue weighted by Gasteiger charge is -2.16. The minimum absolute atomic E-state index is 0.832. The van der Waals surface area contributed by atoms with Crippen LogP contribution in [0.5, 0.6) is 0 Å². The maximum Gasteiger partial charge on any atom is 0.00223 e. The predicted octanol–water partition coefficient (Wildman–Crippen LogP) is 2.35. The molecular formula is C13H28N2. The Morgan fingerprint density at radius 2 is 2.20 bits per heavy atom. The number of likely N-dealkylation sites (tertiary alicyclic amines) is 1. The van der Waals surface area contributed by atoms with Crippen molar-refractivity contribution in [1.29, 1.82) is 0 Å². The Balaban J connectivity index is 2.03. The molecule has 1 fully saturated rings. The molecule has 90 valence electrons. The third kappa shape index (κ3) is 4.98. The van der Waals surface area contributed by atoms with Crippen LogP contribution < -0.4 is 5.32 Å². The largest absolute Gasteiger partial charge is 0.316 e. The second-order valence-electron chi connectivity index (χ2n) is 5.13. The van der Waals surface area contributed by atoms with Crippen LogP contribution in [0.25, 0.3) is 0 Å². The first-order chi connectivity index (χ1) is 7.26. The Bertz CT molecular complexity index is 159. The van der Waals surface area contributed by atoms with Gasteiger partial charge in [0.2, 0.25) is 0 Å². The standard InChI is InChI=1S/C13H28N2/c1-4-7-15-8-6-13(11-15)10-14-9-12(3)5-2/h12-14H,4-11H2,1-3H3. The third-order valence-electron chi connectivity index (χ3n) is 3.53. The first-order valence-electron chi connectivity index (χ1n) is 6.69. The highest BCUT2D eigenvalue weighted by Gasteiger charge is 2.20. The normalized spacial score (nSPS) is 24.6. The van der Waals surface area contributed by atoms with Crippen LogP contribution in [0, 0.1) is 11.8 Å². The molecule has 0 aromatic rings. The van der Waals surface area contributed by atoms with Crippen molar-refractivity contribution in [2.75, 3.05) is 32.7 Å². The molecule has 0 bridgehead atoms. The van der Waals surface area contributed by atoms with Crippen molar-refractivity contribution < 1.29 is 0 Å². The molecule has 0 radical (unpaired) electrons. The fourth-order valence-corrected chi connectivity index (χ4v) is 2.28. The molecule has 2 unspecified atom stereocenters. The minimum atomic E-state index is 0.832. The molecule has 2 heteroatoms. The van der Waals surface area contributed by atoms with E-state index in [1.807, 2.05) is 0 Å². The summed E-state index contributed by atoms with van der Waals surface area (Å²) in [6.45, 7) is 13.2. The fourth-order valence-electron chi connectivity index (χ4n) is 2.28. The topological polar surface area (TPSA) is 15.3 Å². The van der Waals surface area contributed by atoms with Gasteiger partial charge in [0.05, 0.1) is 0 Å². The van der Waals surface area contributed by atoms with E-state index in [4.69, 9.17) is 0 Å². The van der Waals surface area contributed by atoms with Crippen molar-refractivity contribution in [2.45, 2.75) is 40.0 Å². The molecule has 0 amide bonds. The summed E-state index contributed by atoms with van der Waals surface area (Å²) in [7, 11) is 0. The zero-order chi connectivity index (χ0) is 11.1. The highest BCUT2D eigenvalue weighted by Crippen LogP contribution is 2.15. The van der Waals surface area contributed by atoms with Crippen LogP contribution in [-0.2, 0) is 0 Å². The van der Waals surface area contributed by atoms with Crippen LogP contribution >= 0.6 is 0 Å². The predicted molar refractivity (Wildman–Crippen MR) is 67.2 cm³/mol. The molecule has 2 nitrogen and oxygen atoms in total. The van der Waals surface area contributed by atoms with E-state index in [9.17, 15) is 0 Å². The average molecular weight is 212 g/mol. The Hall–Kier alpha value is -0.0800. The van der Waals surface area contributed by atoms with Crippen LogP contribution in [0.1, 0.15) is 40.0 Å². The Morgan fingerprint density at radius 3 is 2.87 bits per heavy atom. The average Bonchev–Trinajstić information content (AvgIpc) is 2.66. The Kier molecular flexibility index (Phi) is 6.26. The van der Waals surface area contributed by atoms with Gasteiger partial charge < -0.3 is 10.2 Å². The summed E-state index contributed by atoms with van der Waals surface area (Å²) in [5.74, 6) is 1.73. The van der Waals surface area contributed by atoms with Gasteiger partial charge in [0.15, 0.2) is 0 Å². The van der Waals surface area contributed by atoms with Crippen molar-refractivity contribution in [3.05, 3.63) is 0 Å². The second kappa shape index (κ2) is 7.24. The van der Waals surface area contributed by atoms with E-state index in [2.05, 4.69) is 31.0 Å². The lowest BCUT2D eigenvalue weighted by atomic mass is 10.1. The lowest BCUT2D eigenvalue weighted by molar-refractivity contribution is 0.321. The van der Waals surface area contributed by atoms with Gasteiger partial charge in [-0.1, -0.05) is 27.2 Å². The molecule has 2 atom stereocenters. The van der Waals surface area contributed by atoms with Crippen molar-refractivity contribution in [1.82, 2.24) is 10.2 Å². The molecule has 1 rings (SSSR count). The van der Waals surface area contributed by atoms with Gasteiger partial charge in [-0.15, -0.1) is 0 Å². The van der Waals surface area contributed by atoms with E-state index in [-0.39, 0.29) is 0 Å². The van der Waals surface area contributed by atoms with Gasteiger partial charge in [0, 0.05) is 6.54 Å². The first kappa shape index (κ1) is 13.0. The van der Waals surface area contributed by atoms with Crippen molar-refractivity contribution >= 4 is 0 Å². The molecule has 0 aromatic heterocycles. The molecule has 1 saturated heterocycles. The summed E-state index contributed by atoms with van der Waals surface area (Å²) in [6.07, 6.45) is 3.99. The smallest absolute Gasteiger partial charge is 0.00223 e. The van der Waals surface area contributed by atoms with Crippen molar-refractivity contribution in [3.8, 4) is 0 Å². The van der Waals surface area contributed by atoms with Gasteiger partial charge in [0.1, 0.15) is 0 Å². The Morgan fingerprint density at radius 1 is 1.40 bits per heavy atom. The zero-order valence-electron chi connectivity index (χ0n) is 10.8. The minimum Gasteiger partial charge on any atom is -0.316 e. The molecule has 0 spiro atoms. The number of rotatable bonds is 7. The van der Waals surface area contributed by atoms with Gasteiger partial charge >= 0.3 is 0 Å². The summed E-state index contributed by atoms with van der Waals surface area (Å²) < 4.78 is 0. The van der Waals surface area contributed by atoms with Gasteiger partial charge in [-0.05, 0) is 50.9 Å². The quantitative estimate of drug-likeness (QED) is 0.697. The zero-order valence-corrected chi connectivity index (χ0v) is 10.8. The van der Waals surface area contributed by atoms with E-state index < -0.39 is 0 Å². The van der Waals surface area contributed by atoms with Crippen LogP contribution in [0.3, 0.4) is 0 Å². The summed E-state index contributed by atoms with van der Waals surface area (Å²) in [6, 6.07) is 0. The monoisotopic (exact) mass is 212 g/mol. The number of hydrogen-bond acceptors (Lipinski definition) is 2. The molecule has 0 aromatic carbocycles. The van der Waals surface area contributed by atoms with E-state index >= 15 is 0 Å². The highest BCUT2D eigenvalue weighted by atomic mass is 15.1. The van der Waals surface area contributed by atoms with Gasteiger partial charge in [-0.2, -0.15) is 0 Å². The second-order valence-corrected chi connectivity index (χ2v) is 5.13. The SMILES string of the molecule is CCCN1CCC(CNCC(C)CC)C1. The summed E-state index contributed by atoms with van der Waals surface area (Å²) in [5.41, 5.74) is 0. The summed E-state index contributed by atoms with van der Waals surface area (Å²) >= 11 is 0. The van der Waals surface area contributed by atoms with Crippen LogP contribution in [-0.4, -0.2) is 37.6 Å². The Labute approximate surface area is 95.4 Å². The number of nitrogens with one attached hydrogen (secondary N) is 1. The molecule has 0 saturated carbocycles. The number of hydrogen-bond donors (Lipinski definition) is 1. The van der Waals surface area contributed by atoms with Crippen LogP contribution in [0.15, 0.2) is 0 Å². The summed E-state index contributed by atoms with van der Waals surface area (Å²) in [5, 5.41) is 3.61. The van der Waals surface area contributed by atoms with E-state index in [0.29, 0.717) is 0 Å². The first-order valence-corrected chi connectivity index (χ1v) is 6.69. The lowest BCUT2D eigenvalue weighted by Crippen LogP contribution is -2.29. The third-order valence-corrected chi connectivity index (χ3v) is 3.53. The maximum absolute atomic E-state index is 3.61.